The summed E-state index contributed by atoms with van der Waals surface area (Å²) in [7, 11) is 1.52. The molecule has 0 spiro atoms. The molecule has 0 bridgehead atoms. The number of benzene rings is 3. The Morgan fingerprint density at radius 2 is 1.82 bits per heavy atom. The van der Waals surface area contributed by atoms with E-state index in [4.69, 9.17) is 37.4 Å². The number of carbonyl (C=O) groups is 1. The molecule has 0 atom stereocenters. The second-order valence-corrected chi connectivity index (χ2v) is 7.86. The normalized spacial score (nSPS) is 10.8. The van der Waals surface area contributed by atoms with Crippen molar-refractivity contribution in [1.82, 2.24) is 5.43 Å². The molecule has 172 valence electrons. The third kappa shape index (κ3) is 6.40. The Hall–Kier alpha value is -3.22. The van der Waals surface area contributed by atoms with Gasteiger partial charge in [-0.05, 0) is 55.3 Å². The van der Waals surface area contributed by atoms with E-state index in [1.165, 1.54) is 13.3 Å². The Balaban J connectivity index is 1.75. The zero-order chi connectivity index (χ0) is 23.8. The summed E-state index contributed by atoms with van der Waals surface area (Å²) in [6.07, 6.45) is 1.48. The van der Waals surface area contributed by atoms with Crippen LogP contribution in [0.15, 0.2) is 59.7 Å². The highest BCUT2D eigenvalue weighted by Crippen LogP contribution is 2.37. The fourth-order valence-corrected chi connectivity index (χ4v) is 3.51. The van der Waals surface area contributed by atoms with E-state index >= 15 is 0 Å². The van der Waals surface area contributed by atoms with Crippen LogP contribution in [0, 0.1) is 6.92 Å². The van der Waals surface area contributed by atoms with Crippen LogP contribution in [-0.2, 0) is 6.61 Å². The van der Waals surface area contributed by atoms with Gasteiger partial charge in [0.25, 0.3) is 5.91 Å². The number of hydrogen-bond donors (Lipinski definition) is 1. The SMILES string of the molecule is CCOc1cc(C=NNC(=O)c2ccc(C)cc2OC)cc(Cl)c1OCc1ccccc1Cl. The third-order valence-corrected chi connectivity index (χ3v) is 5.29. The summed E-state index contributed by atoms with van der Waals surface area (Å²) in [4.78, 5) is 12.5. The molecule has 1 N–H and O–H groups in total. The van der Waals surface area contributed by atoms with Crippen LogP contribution in [0.25, 0.3) is 0 Å². The summed E-state index contributed by atoms with van der Waals surface area (Å²) in [5.74, 6) is 0.956. The lowest BCUT2D eigenvalue weighted by Crippen LogP contribution is -2.18. The van der Waals surface area contributed by atoms with Crippen LogP contribution in [0.4, 0.5) is 0 Å². The van der Waals surface area contributed by atoms with Gasteiger partial charge in [-0.3, -0.25) is 4.79 Å². The molecular weight excluding hydrogens is 463 g/mol. The summed E-state index contributed by atoms with van der Waals surface area (Å²) in [6, 6.07) is 16.1. The summed E-state index contributed by atoms with van der Waals surface area (Å²) in [6.45, 7) is 4.44. The van der Waals surface area contributed by atoms with Crippen molar-refractivity contribution in [2.45, 2.75) is 20.5 Å². The average Bonchev–Trinajstić information content (AvgIpc) is 2.79. The van der Waals surface area contributed by atoms with Crippen molar-refractivity contribution in [3.8, 4) is 17.2 Å². The number of aryl methyl sites for hydroxylation is 1. The van der Waals surface area contributed by atoms with E-state index in [1.807, 2.05) is 38.1 Å². The number of nitrogens with zero attached hydrogens (tertiary/aromatic N) is 1. The van der Waals surface area contributed by atoms with Gasteiger partial charge in [0.15, 0.2) is 11.5 Å². The van der Waals surface area contributed by atoms with Gasteiger partial charge in [0.1, 0.15) is 12.4 Å². The Kier molecular flexibility index (Phi) is 8.58. The Bertz CT molecular complexity index is 1170. The quantitative estimate of drug-likeness (QED) is 0.295. The van der Waals surface area contributed by atoms with E-state index in [-0.39, 0.29) is 12.5 Å². The number of methoxy groups -OCH3 is 1. The fourth-order valence-electron chi connectivity index (χ4n) is 3.04. The van der Waals surface area contributed by atoms with E-state index < -0.39 is 0 Å². The molecule has 3 aromatic carbocycles. The molecule has 0 unspecified atom stereocenters. The average molecular weight is 487 g/mol. The number of hydrogen-bond acceptors (Lipinski definition) is 5. The molecule has 0 heterocycles. The zero-order valence-electron chi connectivity index (χ0n) is 18.5. The van der Waals surface area contributed by atoms with Crippen molar-refractivity contribution in [2.24, 2.45) is 5.10 Å². The standard InChI is InChI=1S/C25H24Cl2N2O4/c1-4-32-23-13-17(12-21(27)24(23)33-15-18-7-5-6-8-20(18)26)14-28-29-25(30)19-10-9-16(2)11-22(19)31-3/h5-14H,4,15H2,1-3H3,(H,29,30). The first-order chi connectivity index (χ1) is 15.9. The minimum Gasteiger partial charge on any atom is -0.496 e. The molecule has 0 aromatic heterocycles. The molecule has 6 nitrogen and oxygen atoms in total. The van der Waals surface area contributed by atoms with Crippen molar-refractivity contribution in [3.05, 3.63) is 86.9 Å². The summed E-state index contributed by atoms with van der Waals surface area (Å²) in [5.41, 5.74) is 5.33. The Labute approximate surface area is 203 Å². The predicted octanol–water partition coefficient (Wildman–Crippen LogP) is 6.05. The van der Waals surface area contributed by atoms with Gasteiger partial charge in [0.05, 0.1) is 30.5 Å². The lowest BCUT2D eigenvalue weighted by Gasteiger charge is -2.15. The molecule has 3 rings (SSSR count). The Morgan fingerprint density at radius 3 is 2.55 bits per heavy atom. The highest BCUT2D eigenvalue weighted by Gasteiger charge is 2.14. The minimum absolute atomic E-state index is 0.237. The smallest absolute Gasteiger partial charge is 0.275 e. The van der Waals surface area contributed by atoms with E-state index in [2.05, 4.69) is 10.5 Å². The molecule has 0 fully saturated rings. The molecule has 3 aromatic rings. The summed E-state index contributed by atoms with van der Waals surface area (Å²) >= 11 is 12.7. The monoisotopic (exact) mass is 486 g/mol. The number of carbonyl (C=O) groups excluding carboxylic acids is 1. The highest BCUT2D eigenvalue weighted by molar-refractivity contribution is 6.32. The molecule has 33 heavy (non-hydrogen) atoms. The third-order valence-electron chi connectivity index (χ3n) is 4.64. The first kappa shape index (κ1) is 24.4. The maximum Gasteiger partial charge on any atom is 0.275 e. The van der Waals surface area contributed by atoms with E-state index in [0.717, 1.165) is 11.1 Å². The lowest BCUT2D eigenvalue weighted by atomic mass is 10.1. The number of ether oxygens (including phenoxy) is 3. The van der Waals surface area contributed by atoms with Gasteiger partial charge in [-0.2, -0.15) is 5.10 Å². The van der Waals surface area contributed by atoms with Crippen LogP contribution in [0.2, 0.25) is 10.0 Å². The second kappa shape index (κ2) is 11.6. The molecule has 8 heteroatoms. The molecule has 0 radical (unpaired) electrons. The van der Waals surface area contributed by atoms with Crippen molar-refractivity contribution in [3.63, 3.8) is 0 Å². The van der Waals surface area contributed by atoms with Crippen LogP contribution in [-0.4, -0.2) is 25.8 Å². The van der Waals surface area contributed by atoms with E-state index in [1.54, 1.807) is 30.3 Å². The molecule has 0 saturated carbocycles. The first-order valence-corrected chi connectivity index (χ1v) is 11.0. The van der Waals surface area contributed by atoms with Gasteiger partial charge in [0.2, 0.25) is 0 Å². The van der Waals surface area contributed by atoms with Crippen molar-refractivity contribution in [1.29, 1.82) is 0 Å². The van der Waals surface area contributed by atoms with Crippen LogP contribution < -0.4 is 19.6 Å². The highest BCUT2D eigenvalue weighted by atomic mass is 35.5. The lowest BCUT2D eigenvalue weighted by molar-refractivity contribution is 0.0952. The van der Waals surface area contributed by atoms with Gasteiger partial charge < -0.3 is 14.2 Å². The summed E-state index contributed by atoms with van der Waals surface area (Å²) in [5, 5.41) is 5.00. The number of nitrogens with one attached hydrogen (secondary N) is 1. The molecule has 0 saturated heterocycles. The fraction of sp³-hybridized carbons (Fsp3) is 0.200. The number of halogens is 2. The second-order valence-electron chi connectivity index (χ2n) is 7.05. The van der Waals surface area contributed by atoms with Crippen LogP contribution >= 0.6 is 23.2 Å². The molecule has 0 aliphatic carbocycles. The van der Waals surface area contributed by atoms with Crippen molar-refractivity contribution < 1.29 is 19.0 Å². The zero-order valence-corrected chi connectivity index (χ0v) is 20.0. The number of rotatable bonds is 9. The van der Waals surface area contributed by atoms with E-state index in [9.17, 15) is 4.79 Å². The Morgan fingerprint density at radius 1 is 1.03 bits per heavy atom. The molecule has 1 amide bonds. The van der Waals surface area contributed by atoms with Gasteiger partial charge in [0, 0.05) is 10.6 Å². The number of hydrazone groups is 1. The van der Waals surface area contributed by atoms with Gasteiger partial charge >= 0.3 is 0 Å². The summed E-state index contributed by atoms with van der Waals surface area (Å²) < 4.78 is 16.9. The molecule has 0 aliphatic rings. The number of amides is 1. The van der Waals surface area contributed by atoms with E-state index in [0.29, 0.717) is 45.0 Å². The van der Waals surface area contributed by atoms with Gasteiger partial charge in [-0.15, -0.1) is 0 Å². The van der Waals surface area contributed by atoms with Gasteiger partial charge in [-0.25, -0.2) is 5.43 Å². The van der Waals surface area contributed by atoms with Crippen molar-refractivity contribution >= 4 is 35.3 Å². The predicted molar refractivity (Wildman–Crippen MR) is 131 cm³/mol. The van der Waals surface area contributed by atoms with Gasteiger partial charge in [-0.1, -0.05) is 47.5 Å². The molecule has 0 aliphatic heterocycles. The largest absolute Gasteiger partial charge is 0.496 e. The van der Waals surface area contributed by atoms with Crippen molar-refractivity contribution in [2.75, 3.05) is 13.7 Å². The maximum atomic E-state index is 12.5. The molecular formula is C25H24Cl2N2O4. The minimum atomic E-state index is -0.390. The van der Waals surface area contributed by atoms with Crippen LogP contribution in [0.1, 0.15) is 34.0 Å². The maximum absolute atomic E-state index is 12.5. The topological polar surface area (TPSA) is 69.2 Å². The first-order valence-electron chi connectivity index (χ1n) is 10.2. The van der Waals surface area contributed by atoms with Crippen LogP contribution in [0.5, 0.6) is 17.2 Å². The van der Waals surface area contributed by atoms with Crippen LogP contribution in [0.3, 0.4) is 0 Å².